The van der Waals surface area contributed by atoms with Gasteiger partial charge in [-0.25, -0.2) is 14.8 Å². The van der Waals surface area contributed by atoms with Crippen molar-refractivity contribution in [2.75, 3.05) is 37.7 Å². The Hall–Kier alpha value is -2.11. The van der Waals surface area contributed by atoms with Crippen molar-refractivity contribution in [1.29, 1.82) is 0 Å². The zero-order valence-corrected chi connectivity index (χ0v) is 11.1. The van der Waals surface area contributed by atoms with Gasteiger partial charge in [0.1, 0.15) is 18.8 Å². The first-order valence-electron chi connectivity index (χ1n) is 6.27. The molecule has 1 aromatic heterocycles. The Morgan fingerprint density at radius 2 is 2.16 bits per heavy atom. The van der Waals surface area contributed by atoms with Crippen LogP contribution in [0.4, 0.5) is 10.6 Å². The van der Waals surface area contributed by atoms with Gasteiger partial charge < -0.3 is 14.5 Å². The van der Waals surface area contributed by atoms with E-state index < -0.39 is 0 Å². The SMILES string of the molecule is C=CCOC(=O)N1CCN(c2cc(C)ncn2)CC1. The Bertz CT molecular complexity index is 456. The monoisotopic (exact) mass is 262 g/mol. The van der Waals surface area contributed by atoms with Crippen LogP contribution in [0, 0.1) is 6.92 Å². The third-order valence-electron chi connectivity index (χ3n) is 2.98. The largest absolute Gasteiger partial charge is 0.445 e. The first-order chi connectivity index (χ1) is 9.20. The lowest BCUT2D eigenvalue weighted by Gasteiger charge is -2.34. The highest BCUT2D eigenvalue weighted by atomic mass is 16.6. The first kappa shape index (κ1) is 13.3. The van der Waals surface area contributed by atoms with Gasteiger partial charge in [0.15, 0.2) is 0 Å². The van der Waals surface area contributed by atoms with Crippen molar-refractivity contribution in [2.24, 2.45) is 0 Å². The van der Waals surface area contributed by atoms with E-state index in [2.05, 4.69) is 21.4 Å². The molecule has 19 heavy (non-hydrogen) atoms. The minimum absolute atomic E-state index is 0.254. The maximum Gasteiger partial charge on any atom is 0.410 e. The summed E-state index contributed by atoms with van der Waals surface area (Å²) >= 11 is 0. The third-order valence-corrected chi connectivity index (χ3v) is 2.98. The molecule has 0 spiro atoms. The number of piperazine rings is 1. The van der Waals surface area contributed by atoms with Crippen LogP contribution >= 0.6 is 0 Å². The van der Waals surface area contributed by atoms with E-state index in [0.717, 1.165) is 24.6 Å². The minimum atomic E-state index is -0.279. The third kappa shape index (κ3) is 3.43. The maximum absolute atomic E-state index is 11.7. The molecule has 0 radical (unpaired) electrons. The highest BCUT2D eigenvalue weighted by Crippen LogP contribution is 2.13. The summed E-state index contributed by atoms with van der Waals surface area (Å²) < 4.78 is 5.02. The molecule has 0 bridgehead atoms. The van der Waals surface area contributed by atoms with Crippen LogP contribution in [-0.2, 0) is 4.74 Å². The summed E-state index contributed by atoms with van der Waals surface area (Å²) in [5.74, 6) is 0.909. The number of hydrogen-bond donors (Lipinski definition) is 0. The Morgan fingerprint density at radius 3 is 2.79 bits per heavy atom. The molecule has 1 aliphatic rings. The molecular weight excluding hydrogens is 244 g/mol. The molecule has 102 valence electrons. The molecule has 6 nitrogen and oxygen atoms in total. The van der Waals surface area contributed by atoms with Crippen molar-refractivity contribution in [3.63, 3.8) is 0 Å². The van der Waals surface area contributed by atoms with E-state index in [1.807, 2.05) is 13.0 Å². The fourth-order valence-corrected chi connectivity index (χ4v) is 1.95. The standard InChI is InChI=1S/C13H18N4O2/c1-3-8-19-13(18)17-6-4-16(5-7-17)12-9-11(2)14-10-15-12/h3,9-10H,1,4-8H2,2H3. The van der Waals surface area contributed by atoms with Gasteiger partial charge in [0, 0.05) is 37.9 Å². The number of carbonyl (C=O) groups is 1. The van der Waals surface area contributed by atoms with Gasteiger partial charge in [-0.15, -0.1) is 0 Å². The number of hydrogen-bond acceptors (Lipinski definition) is 5. The van der Waals surface area contributed by atoms with Gasteiger partial charge in [0.25, 0.3) is 0 Å². The topological polar surface area (TPSA) is 58.6 Å². The highest BCUT2D eigenvalue weighted by Gasteiger charge is 2.22. The van der Waals surface area contributed by atoms with Crippen LogP contribution in [0.15, 0.2) is 25.0 Å². The molecule has 2 rings (SSSR count). The number of nitrogens with zero attached hydrogens (tertiary/aromatic N) is 4. The molecular formula is C13H18N4O2. The number of rotatable bonds is 3. The molecule has 2 heterocycles. The Labute approximate surface area is 112 Å². The Balaban J connectivity index is 1.88. The van der Waals surface area contributed by atoms with Crippen molar-refractivity contribution >= 4 is 11.9 Å². The van der Waals surface area contributed by atoms with Crippen LogP contribution in [0.25, 0.3) is 0 Å². The summed E-state index contributed by atoms with van der Waals surface area (Å²) in [6.45, 7) is 8.49. The predicted molar refractivity (Wildman–Crippen MR) is 72.1 cm³/mol. The lowest BCUT2D eigenvalue weighted by Crippen LogP contribution is -2.49. The molecule has 1 amide bonds. The zero-order valence-electron chi connectivity index (χ0n) is 11.1. The van der Waals surface area contributed by atoms with Gasteiger partial charge in [-0.2, -0.15) is 0 Å². The average molecular weight is 262 g/mol. The van der Waals surface area contributed by atoms with Gasteiger partial charge in [-0.1, -0.05) is 12.7 Å². The minimum Gasteiger partial charge on any atom is -0.445 e. The van der Waals surface area contributed by atoms with Gasteiger partial charge in [-0.05, 0) is 6.92 Å². The number of anilines is 1. The lowest BCUT2D eigenvalue weighted by molar-refractivity contribution is 0.110. The normalized spacial score (nSPS) is 15.2. The van der Waals surface area contributed by atoms with Crippen molar-refractivity contribution in [2.45, 2.75) is 6.92 Å². The number of ether oxygens (including phenoxy) is 1. The van der Waals surface area contributed by atoms with E-state index >= 15 is 0 Å². The summed E-state index contributed by atoms with van der Waals surface area (Å²) in [7, 11) is 0. The fraction of sp³-hybridized carbons (Fsp3) is 0.462. The quantitative estimate of drug-likeness (QED) is 0.767. The molecule has 6 heteroatoms. The van der Waals surface area contributed by atoms with E-state index in [1.165, 1.54) is 0 Å². The van der Waals surface area contributed by atoms with Crippen molar-refractivity contribution < 1.29 is 9.53 Å². The number of carbonyl (C=O) groups excluding carboxylic acids is 1. The molecule has 1 fully saturated rings. The number of aromatic nitrogens is 2. The van der Waals surface area contributed by atoms with Gasteiger partial charge in [0.05, 0.1) is 0 Å². The number of aryl methyl sites for hydroxylation is 1. The summed E-state index contributed by atoms with van der Waals surface area (Å²) in [6, 6.07) is 1.95. The Morgan fingerprint density at radius 1 is 1.42 bits per heavy atom. The van der Waals surface area contributed by atoms with Crippen LogP contribution in [-0.4, -0.2) is 53.7 Å². The fourth-order valence-electron chi connectivity index (χ4n) is 1.95. The molecule has 0 saturated carbocycles. The summed E-state index contributed by atoms with van der Waals surface area (Å²) in [5.41, 5.74) is 0.942. The smallest absolute Gasteiger partial charge is 0.410 e. The second-order valence-corrected chi connectivity index (χ2v) is 4.36. The molecule has 0 aromatic carbocycles. The summed E-state index contributed by atoms with van der Waals surface area (Å²) in [4.78, 5) is 23.8. The molecule has 0 atom stereocenters. The van der Waals surface area contributed by atoms with E-state index in [1.54, 1.807) is 17.3 Å². The van der Waals surface area contributed by atoms with E-state index in [9.17, 15) is 4.79 Å². The van der Waals surface area contributed by atoms with Gasteiger partial charge in [0.2, 0.25) is 0 Å². The molecule has 0 N–H and O–H groups in total. The van der Waals surface area contributed by atoms with Gasteiger partial charge in [-0.3, -0.25) is 0 Å². The predicted octanol–water partition coefficient (Wildman–Crippen LogP) is 1.23. The maximum atomic E-state index is 11.7. The van der Waals surface area contributed by atoms with Crippen molar-refractivity contribution in [3.8, 4) is 0 Å². The molecule has 1 aliphatic heterocycles. The molecule has 1 aromatic rings. The van der Waals surface area contributed by atoms with E-state index in [-0.39, 0.29) is 12.7 Å². The second kappa shape index (κ2) is 6.17. The number of amides is 1. The van der Waals surface area contributed by atoms with E-state index in [0.29, 0.717) is 13.1 Å². The van der Waals surface area contributed by atoms with Crippen LogP contribution < -0.4 is 4.90 Å². The lowest BCUT2D eigenvalue weighted by atomic mass is 10.3. The summed E-state index contributed by atoms with van der Waals surface area (Å²) in [6.07, 6.45) is 2.85. The van der Waals surface area contributed by atoms with Crippen LogP contribution in [0.3, 0.4) is 0 Å². The Kier molecular flexibility index (Phi) is 4.33. The van der Waals surface area contributed by atoms with Crippen LogP contribution in [0.5, 0.6) is 0 Å². The summed E-state index contributed by atoms with van der Waals surface area (Å²) in [5, 5.41) is 0. The highest BCUT2D eigenvalue weighted by molar-refractivity contribution is 5.68. The molecule has 0 unspecified atom stereocenters. The zero-order chi connectivity index (χ0) is 13.7. The second-order valence-electron chi connectivity index (χ2n) is 4.36. The molecule has 1 saturated heterocycles. The van der Waals surface area contributed by atoms with Crippen LogP contribution in [0.2, 0.25) is 0 Å². The van der Waals surface area contributed by atoms with Gasteiger partial charge >= 0.3 is 6.09 Å². The van der Waals surface area contributed by atoms with Crippen molar-refractivity contribution in [3.05, 3.63) is 30.7 Å². The first-order valence-corrected chi connectivity index (χ1v) is 6.27. The van der Waals surface area contributed by atoms with Crippen molar-refractivity contribution in [1.82, 2.24) is 14.9 Å². The van der Waals surface area contributed by atoms with E-state index in [4.69, 9.17) is 4.74 Å². The van der Waals surface area contributed by atoms with Crippen LogP contribution in [0.1, 0.15) is 5.69 Å². The average Bonchev–Trinajstić information content (AvgIpc) is 2.45. The molecule has 0 aliphatic carbocycles.